The number of nitrogens with one attached hydrogen (secondary N) is 1. The van der Waals surface area contributed by atoms with Crippen LogP contribution in [-0.4, -0.2) is 73.2 Å². The van der Waals surface area contributed by atoms with Gasteiger partial charge in [-0.15, -0.1) is 0 Å². The summed E-state index contributed by atoms with van der Waals surface area (Å²) in [6.07, 6.45) is 3.49. The van der Waals surface area contributed by atoms with Crippen LogP contribution in [0.5, 0.6) is 11.9 Å². The molecule has 1 saturated heterocycles. The van der Waals surface area contributed by atoms with Gasteiger partial charge in [-0.1, -0.05) is 35.3 Å². The van der Waals surface area contributed by atoms with E-state index in [1.54, 1.807) is 11.1 Å². The van der Waals surface area contributed by atoms with Gasteiger partial charge in [0.15, 0.2) is 0 Å². The summed E-state index contributed by atoms with van der Waals surface area (Å²) in [5.41, 5.74) is 1.94. The lowest BCUT2D eigenvalue weighted by Crippen LogP contribution is -2.48. The van der Waals surface area contributed by atoms with Gasteiger partial charge in [0.05, 0.1) is 35.9 Å². The summed E-state index contributed by atoms with van der Waals surface area (Å²) in [4.78, 5) is 25.2. The summed E-state index contributed by atoms with van der Waals surface area (Å²) in [5, 5.41) is 3.73. The molecule has 1 unspecified atom stereocenters. The highest BCUT2D eigenvalue weighted by atomic mass is 35.5. The number of urea groups is 1. The van der Waals surface area contributed by atoms with Crippen molar-refractivity contribution in [3.63, 3.8) is 0 Å². The minimum Gasteiger partial charge on any atom is -0.480 e. The van der Waals surface area contributed by atoms with Crippen molar-refractivity contribution in [2.75, 3.05) is 41.4 Å². The van der Waals surface area contributed by atoms with Gasteiger partial charge in [-0.25, -0.2) is 9.78 Å². The highest BCUT2D eigenvalue weighted by molar-refractivity contribution is 6.44. The molecular formula is C22H29Cl2N5O3. The van der Waals surface area contributed by atoms with Crippen LogP contribution in [0.15, 0.2) is 18.3 Å². The lowest BCUT2D eigenvalue weighted by atomic mass is 10.0. The second-order valence-electron chi connectivity index (χ2n) is 7.93. The molecular weight excluding hydrogens is 453 g/mol. The minimum atomic E-state index is -0.329. The fourth-order valence-corrected chi connectivity index (χ4v) is 4.41. The number of likely N-dealkylation sites (tertiary alicyclic amines) is 1. The zero-order valence-corrected chi connectivity index (χ0v) is 20.5. The van der Waals surface area contributed by atoms with Gasteiger partial charge in [-0.3, -0.25) is 0 Å². The van der Waals surface area contributed by atoms with Crippen LogP contribution in [0, 0.1) is 0 Å². The Morgan fingerprint density at radius 3 is 2.50 bits per heavy atom. The Balaban J connectivity index is 1.78. The third-order valence-electron chi connectivity index (χ3n) is 5.87. The second-order valence-corrected chi connectivity index (χ2v) is 8.68. The first-order chi connectivity index (χ1) is 15.3. The van der Waals surface area contributed by atoms with Gasteiger partial charge in [0.25, 0.3) is 0 Å². The van der Waals surface area contributed by atoms with E-state index >= 15 is 0 Å². The first kappa shape index (κ1) is 24.4. The first-order valence-corrected chi connectivity index (χ1v) is 11.2. The molecule has 32 heavy (non-hydrogen) atoms. The van der Waals surface area contributed by atoms with E-state index in [1.165, 1.54) is 14.2 Å². The number of methoxy groups -OCH3 is 2. The molecule has 10 heteroatoms. The van der Waals surface area contributed by atoms with Gasteiger partial charge >= 0.3 is 12.0 Å². The lowest BCUT2D eigenvalue weighted by Gasteiger charge is -2.35. The van der Waals surface area contributed by atoms with E-state index in [0.717, 1.165) is 31.5 Å². The van der Waals surface area contributed by atoms with Gasteiger partial charge < -0.3 is 24.6 Å². The van der Waals surface area contributed by atoms with Gasteiger partial charge in [0, 0.05) is 24.8 Å². The second kappa shape index (κ2) is 10.6. The van der Waals surface area contributed by atoms with E-state index in [2.05, 4.69) is 27.2 Å². The predicted octanol–water partition coefficient (Wildman–Crippen LogP) is 4.26. The largest absolute Gasteiger partial charge is 0.480 e. The van der Waals surface area contributed by atoms with Crippen LogP contribution in [0.4, 0.5) is 4.79 Å². The monoisotopic (exact) mass is 481 g/mol. The smallest absolute Gasteiger partial charge is 0.319 e. The average Bonchev–Trinajstić information content (AvgIpc) is 2.80. The van der Waals surface area contributed by atoms with Gasteiger partial charge in [-0.2, -0.15) is 4.98 Å². The molecule has 174 valence electrons. The molecule has 2 amide bonds. The Morgan fingerprint density at radius 2 is 1.88 bits per heavy atom. The Bertz CT molecular complexity index is 967. The molecule has 1 fully saturated rings. The van der Waals surface area contributed by atoms with Crippen LogP contribution in [-0.2, 0) is 0 Å². The molecule has 8 nitrogen and oxygen atoms in total. The number of carbonyl (C=O) groups is 1. The van der Waals surface area contributed by atoms with Crippen molar-refractivity contribution < 1.29 is 14.3 Å². The number of piperidine rings is 1. The summed E-state index contributed by atoms with van der Waals surface area (Å²) in [7, 11) is 6.92. The van der Waals surface area contributed by atoms with E-state index in [1.807, 2.05) is 26.1 Å². The standard InChI is InChI=1S/C22H29Cl2N5O3/c1-13(26-22(30)29(3)14-8-10-28(2)11-9-14)15-6-7-16(19(24)18(15)23)17-12-25-21(32-5)27-20(17)31-4/h6-7,12-14H,8-11H2,1-5H3,(H,26,30). The summed E-state index contributed by atoms with van der Waals surface area (Å²) in [6, 6.07) is 3.61. The van der Waals surface area contributed by atoms with E-state index in [4.69, 9.17) is 32.7 Å². The molecule has 2 aromatic rings. The number of hydrogen-bond acceptors (Lipinski definition) is 6. The Morgan fingerprint density at radius 1 is 1.19 bits per heavy atom. The number of aromatic nitrogens is 2. The van der Waals surface area contributed by atoms with Gasteiger partial charge in [-0.05, 0) is 45.5 Å². The number of carbonyl (C=O) groups excluding carboxylic acids is 1. The van der Waals surface area contributed by atoms with Crippen molar-refractivity contribution >= 4 is 29.2 Å². The molecule has 1 aliphatic rings. The van der Waals surface area contributed by atoms with Crippen molar-refractivity contribution in [2.45, 2.75) is 31.8 Å². The predicted molar refractivity (Wildman–Crippen MR) is 126 cm³/mol. The third kappa shape index (κ3) is 5.19. The van der Waals surface area contributed by atoms with Crippen LogP contribution >= 0.6 is 23.2 Å². The normalized spacial score (nSPS) is 15.8. The maximum Gasteiger partial charge on any atom is 0.319 e. The number of nitrogens with zero attached hydrogens (tertiary/aromatic N) is 4. The van der Waals surface area contributed by atoms with Crippen molar-refractivity contribution in [3.05, 3.63) is 33.9 Å². The molecule has 1 aliphatic heterocycles. The number of ether oxygens (including phenoxy) is 2. The molecule has 0 spiro atoms. The first-order valence-electron chi connectivity index (χ1n) is 10.4. The number of rotatable bonds is 6. The Labute approximate surface area is 198 Å². The molecule has 0 saturated carbocycles. The summed E-state index contributed by atoms with van der Waals surface area (Å²) < 4.78 is 10.4. The molecule has 1 aromatic heterocycles. The van der Waals surface area contributed by atoms with Crippen LogP contribution < -0.4 is 14.8 Å². The zero-order valence-electron chi connectivity index (χ0n) is 19.0. The van der Waals surface area contributed by atoms with Gasteiger partial charge in [0.1, 0.15) is 0 Å². The van der Waals surface area contributed by atoms with Crippen LogP contribution in [0.3, 0.4) is 0 Å². The van der Waals surface area contributed by atoms with Crippen LogP contribution in [0.25, 0.3) is 11.1 Å². The van der Waals surface area contributed by atoms with Crippen molar-refractivity contribution in [1.82, 2.24) is 25.1 Å². The minimum absolute atomic E-state index is 0.131. The number of hydrogen-bond donors (Lipinski definition) is 1. The van der Waals surface area contributed by atoms with E-state index in [0.29, 0.717) is 27.1 Å². The molecule has 0 bridgehead atoms. The number of amides is 2. The van der Waals surface area contributed by atoms with Crippen molar-refractivity contribution in [3.8, 4) is 23.0 Å². The number of halogens is 2. The zero-order chi connectivity index (χ0) is 23.4. The SMILES string of the molecule is COc1ncc(-c2ccc(C(C)NC(=O)N(C)C3CCN(C)CC3)c(Cl)c2Cl)c(OC)n1. The highest BCUT2D eigenvalue weighted by Crippen LogP contribution is 2.40. The quantitative estimate of drug-likeness (QED) is 0.663. The topological polar surface area (TPSA) is 79.8 Å². The molecule has 0 radical (unpaired) electrons. The van der Waals surface area contributed by atoms with Crippen molar-refractivity contribution in [2.24, 2.45) is 0 Å². The van der Waals surface area contributed by atoms with Gasteiger partial charge in [0.2, 0.25) is 5.88 Å². The highest BCUT2D eigenvalue weighted by Gasteiger charge is 2.26. The van der Waals surface area contributed by atoms with Crippen molar-refractivity contribution in [1.29, 1.82) is 0 Å². The molecule has 0 aliphatic carbocycles. The van der Waals surface area contributed by atoms with E-state index in [-0.39, 0.29) is 24.1 Å². The summed E-state index contributed by atoms with van der Waals surface area (Å²) in [6.45, 7) is 3.85. The Hall–Kier alpha value is -2.29. The fourth-order valence-electron chi connectivity index (χ4n) is 3.81. The maximum absolute atomic E-state index is 12.8. The average molecular weight is 482 g/mol. The molecule has 2 heterocycles. The fraction of sp³-hybridized carbons (Fsp3) is 0.500. The van der Waals surface area contributed by atoms with Crippen LogP contribution in [0.2, 0.25) is 10.0 Å². The molecule has 3 rings (SSSR count). The number of benzene rings is 1. The molecule has 1 N–H and O–H groups in total. The molecule has 1 aromatic carbocycles. The lowest BCUT2D eigenvalue weighted by molar-refractivity contribution is 0.146. The summed E-state index contributed by atoms with van der Waals surface area (Å²) >= 11 is 13.2. The maximum atomic E-state index is 12.8. The van der Waals surface area contributed by atoms with E-state index in [9.17, 15) is 4.79 Å². The summed E-state index contributed by atoms with van der Waals surface area (Å²) in [5.74, 6) is 0.323. The Kier molecular flexibility index (Phi) is 8.03. The third-order valence-corrected chi connectivity index (χ3v) is 6.77. The van der Waals surface area contributed by atoms with E-state index < -0.39 is 0 Å². The van der Waals surface area contributed by atoms with Crippen LogP contribution in [0.1, 0.15) is 31.4 Å². The molecule has 1 atom stereocenters.